The van der Waals surface area contributed by atoms with E-state index in [1.807, 2.05) is 52.2 Å². The predicted octanol–water partition coefficient (Wildman–Crippen LogP) is 1.93. The summed E-state index contributed by atoms with van der Waals surface area (Å²) in [6.07, 6.45) is 1.59. The number of hydrogen-bond acceptors (Lipinski definition) is 5. The lowest BCUT2D eigenvalue weighted by Crippen LogP contribution is -2.31. The van der Waals surface area contributed by atoms with Crippen molar-refractivity contribution in [3.05, 3.63) is 41.7 Å². The third kappa shape index (κ3) is 4.50. The van der Waals surface area contributed by atoms with Crippen LogP contribution in [0.25, 0.3) is 11.3 Å². The highest BCUT2D eigenvalue weighted by molar-refractivity contribution is 5.96. The van der Waals surface area contributed by atoms with Gasteiger partial charge in [-0.2, -0.15) is 0 Å². The summed E-state index contributed by atoms with van der Waals surface area (Å²) < 4.78 is 0. The quantitative estimate of drug-likeness (QED) is 0.881. The highest BCUT2D eigenvalue weighted by atomic mass is 16.2. The Kier molecular flexibility index (Phi) is 5.28. The van der Waals surface area contributed by atoms with Gasteiger partial charge < -0.3 is 16.0 Å². The van der Waals surface area contributed by atoms with E-state index in [1.54, 1.807) is 6.20 Å². The number of carbonyl (C=O) groups is 1. The van der Waals surface area contributed by atoms with E-state index in [-0.39, 0.29) is 23.5 Å². The van der Waals surface area contributed by atoms with Crippen molar-refractivity contribution in [3.63, 3.8) is 0 Å². The van der Waals surface area contributed by atoms with Crippen molar-refractivity contribution in [1.82, 2.24) is 20.2 Å². The zero-order chi connectivity index (χ0) is 17.0. The summed E-state index contributed by atoms with van der Waals surface area (Å²) in [4.78, 5) is 22.7. The smallest absolute Gasteiger partial charge is 0.273 e. The molecule has 0 bridgehead atoms. The summed E-state index contributed by atoms with van der Waals surface area (Å²) in [7, 11) is 4.05. The summed E-state index contributed by atoms with van der Waals surface area (Å²) in [5.74, 6) is -0.174. The fourth-order valence-corrected chi connectivity index (χ4v) is 2.18. The van der Waals surface area contributed by atoms with Crippen LogP contribution >= 0.6 is 0 Å². The maximum Gasteiger partial charge on any atom is 0.273 e. The van der Waals surface area contributed by atoms with E-state index in [1.165, 1.54) is 5.56 Å². The number of hydrogen-bond donors (Lipinski definition) is 2. The Morgan fingerprint density at radius 1 is 1.26 bits per heavy atom. The molecule has 23 heavy (non-hydrogen) atoms. The minimum atomic E-state index is -0.309. The molecule has 0 spiro atoms. The molecule has 0 aliphatic rings. The average Bonchev–Trinajstić information content (AvgIpc) is 2.47. The Morgan fingerprint density at radius 3 is 2.48 bits per heavy atom. The first kappa shape index (κ1) is 16.9. The Balaban J connectivity index is 2.28. The molecule has 122 valence electrons. The number of benzene rings is 1. The molecule has 0 unspecified atom stereocenters. The summed E-state index contributed by atoms with van der Waals surface area (Å²) in [5.41, 5.74) is 8.68. The second kappa shape index (κ2) is 7.19. The first-order chi connectivity index (χ1) is 10.9. The second-order valence-corrected chi connectivity index (χ2v) is 6.05. The lowest BCUT2D eigenvalue weighted by Gasteiger charge is -2.11. The third-order valence-corrected chi connectivity index (χ3v) is 3.18. The zero-order valence-electron chi connectivity index (χ0n) is 14.0. The van der Waals surface area contributed by atoms with Crippen LogP contribution in [-0.2, 0) is 6.54 Å². The molecule has 0 saturated heterocycles. The average molecular weight is 313 g/mol. The second-order valence-electron chi connectivity index (χ2n) is 6.05. The number of aromatic nitrogens is 2. The van der Waals surface area contributed by atoms with Crippen molar-refractivity contribution in [2.24, 2.45) is 0 Å². The predicted molar refractivity (Wildman–Crippen MR) is 91.9 cm³/mol. The first-order valence-electron chi connectivity index (χ1n) is 7.54. The van der Waals surface area contributed by atoms with Crippen LogP contribution in [0.3, 0.4) is 0 Å². The van der Waals surface area contributed by atoms with Gasteiger partial charge >= 0.3 is 0 Å². The van der Waals surface area contributed by atoms with E-state index in [0.717, 1.165) is 12.1 Å². The van der Waals surface area contributed by atoms with Crippen LogP contribution in [0, 0.1) is 0 Å². The fourth-order valence-electron chi connectivity index (χ4n) is 2.18. The summed E-state index contributed by atoms with van der Waals surface area (Å²) >= 11 is 0. The molecule has 0 aliphatic carbocycles. The van der Waals surface area contributed by atoms with Gasteiger partial charge in [0.15, 0.2) is 11.5 Å². The van der Waals surface area contributed by atoms with Gasteiger partial charge in [0.1, 0.15) is 0 Å². The molecule has 0 atom stereocenters. The standard InChI is InChI=1S/C17H23N5O/c1-11(2)20-17(23)15-16(18)19-9-14(21-15)13-7-5-12(6-8-13)10-22(3)4/h5-9,11H,10H2,1-4H3,(H2,18,19)(H,20,23). The number of anilines is 1. The number of nitrogen functional groups attached to an aromatic ring is 1. The zero-order valence-corrected chi connectivity index (χ0v) is 14.0. The molecule has 1 amide bonds. The SMILES string of the molecule is CC(C)NC(=O)c1nc(-c2ccc(CN(C)C)cc2)cnc1N. The number of nitrogens with two attached hydrogens (primary N) is 1. The molecular formula is C17H23N5O. The van der Waals surface area contributed by atoms with E-state index < -0.39 is 0 Å². The molecule has 3 N–H and O–H groups in total. The molecule has 2 aromatic rings. The maximum atomic E-state index is 12.1. The lowest BCUT2D eigenvalue weighted by molar-refractivity contribution is 0.0939. The topological polar surface area (TPSA) is 84.1 Å². The maximum absolute atomic E-state index is 12.1. The van der Waals surface area contributed by atoms with Gasteiger partial charge in [-0.3, -0.25) is 4.79 Å². The van der Waals surface area contributed by atoms with E-state index in [4.69, 9.17) is 5.73 Å². The molecule has 1 heterocycles. The van der Waals surface area contributed by atoms with E-state index in [2.05, 4.69) is 20.2 Å². The summed E-state index contributed by atoms with van der Waals surface area (Å²) in [6, 6.07) is 8.05. The minimum absolute atomic E-state index is 0.0117. The Hall–Kier alpha value is -2.47. The van der Waals surface area contributed by atoms with Crippen LogP contribution in [-0.4, -0.2) is 40.9 Å². The van der Waals surface area contributed by atoms with Crippen molar-refractivity contribution >= 4 is 11.7 Å². The number of rotatable bonds is 5. The van der Waals surface area contributed by atoms with Crippen LogP contribution in [0.15, 0.2) is 30.5 Å². The van der Waals surface area contributed by atoms with Gasteiger partial charge in [-0.05, 0) is 33.5 Å². The molecule has 6 heteroatoms. The summed E-state index contributed by atoms with van der Waals surface area (Å²) in [5, 5.41) is 2.78. The molecule has 0 radical (unpaired) electrons. The van der Waals surface area contributed by atoms with Crippen molar-refractivity contribution in [3.8, 4) is 11.3 Å². The normalized spacial score (nSPS) is 11.0. The molecule has 2 rings (SSSR count). The minimum Gasteiger partial charge on any atom is -0.382 e. The van der Waals surface area contributed by atoms with Crippen LogP contribution in [0.5, 0.6) is 0 Å². The molecule has 1 aromatic carbocycles. The highest BCUT2D eigenvalue weighted by Crippen LogP contribution is 2.19. The van der Waals surface area contributed by atoms with Gasteiger partial charge in [-0.25, -0.2) is 9.97 Å². The molecular weight excluding hydrogens is 290 g/mol. The number of carbonyl (C=O) groups excluding carboxylic acids is 1. The largest absolute Gasteiger partial charge is 0.382 e. The molecule has 0 saturated carbocycles. The van der Waals surface area contributed by atoms with Gasteiger partial charge in [-0.15, -0.1) is 0 Å². The van der Waals surface area contributed by atoms with Gasteiger partial charge in [0.25, 0.3) is 5.91 Å². The van der Waals surface area contributed by atoms with Crippen LogP contribution in [0.1, 0.15) is 29.9 Å². The molecule has 0 fully saturated rings. The third-order valence-electron chi connectivity index (χ3n) is 3.18. The van der Waals surface area contributed by atoms with E-state index in [9.17, 15) is 4.79 Å². The van der Waals surface area contributed by atoms with Crippen molar-refractivity contribution in [2.75, 3.05) is 19.8 Å². The van der Waals surface area contributed by atoms with Gasteiger partial charge in [0.2, 0.25) is 0 Å². The Bertz CT molecular complexity index is 680. The highest BCUT2D eigenvalue weighted by Gasteiger charge is 2.15. The number of amides is 1. The van der Waals surface area contributed by atoms with Crippen molar-refractivity contribution < 1.29 is 4.79 Å². The van der Waals surface area contributed by atoms with Gasteiger partial charge in [-0.1, -0.05) is 24.3 Å². The summed E-state index contributed by atoms with van der Waals surface area (Å²) in [6.45, 7) is 4.64. The lowest BCUT2D eigenvalue weighted by atomic mass is 10.1. The first-order valence-corrected chi connectivity index (χ1v) is 7.54. The van der Waals surface area contributed by atoms with Gasteiger partial charge in [0.05, 0.1) is 11.9 Å². The molecule has 0 aliphatic heterocycles. The number of nitrogens with zero attached hydrogens (tertiary/aromatic N) is 3. The monoisotopic (exact) mass is 313 g/mol. The van der Waals surface area contributed by atoms with E-state index >= 15 is 0 Å². The fraction of sp³-hybridized carbons (Fsp3) is 0.353. The van der Waals surface area contributed by atoms with Crippen molar-refractivity contribution in [1.29, 1.82) is 0 Å². The van der Waals surface area contributed by atoms with Gasteiger partial charge in [0, 0.05) is 18.2 Å². The van der Waals surface area contributed by atoms with Crippen LogP contribution in [0.4, 0.5) is 5.82 Å². The molecule has 1 aromatic heterocycles. The molecule has 6 nitrogen and oxygen atoms in total. The van der Waals surface area contributed by atoms with Crippen molar-refractivity contribution in [2.45, 2.75) is 26.4 Å². The van der Waals surface area contributed by atoms with Crippen LogP contribution in [0.2, 0.25) is 0 Å². The van der Waals surface area contributed by atoms with Crippen LogP contribution < -0.4 is 11.1 Å². The number of nitrogens with one attached hydrogen (secondary N) is 1. The Labute approximate surface area is 136 Å². The Morgan fingerprint density at radius 2 is 1.91 bits per heavy atom. The van der Waals surface area contributed by atoms with E-state index in [0.29, 0.717) is 5.69 Å².